The average Bonchev–Trinajstić information content (AvgIpc) is 2.91. The van der Waals surface area contributed by atoms with E-state index in [2.05, 4.69) is 19.2 Å². The lowest BCUT2D eigenvalue weighted by atomic mass is 9.96. The molecule has 0 aliphatic carbocycles. The SMILES string of the molecule is CNCc1cccc(S(=O)(=O)N2CCC(C(C)C)C2)c1C. The summed E-state index contributed by atoms with van der Waals surface area (Å²) in [5, 5.41) is 3.09. The molecule has 1 aliphatic heterocycles. The molecular formula is C16H26N2O2S. The molecule has 1 aliphatic rings. The number of hydrogen-bond acceptors (Lipinski definition) is 3. The lowest BCUT2D eigenvalue weighted by molar-refractivity contribution is 0.388. The quantitative estimate of drug-likeness (QED) is 0.908. The summed E-state index contributed by atoms with van der Waals surface area (Å²) in [4.78, 5) is 0.458. The third-order valence-corrected chi connectivity index (χ3v) is 6.52. The third kappa shape index (κ3) is 3.30. The maximum absolute atomic E-state index is 12.9. The predicted octanol–water partition coefficient (Wildman–Crippen LogP) is 2.38. The Labute approximate surface area is 128 Å². The summed E-state index contributed by atoms with van der Waals surface area (Å²) < 4.78 is 27.4. The molecule has 1 fully saturated rings. The molecule has 1 unspecified atom stereocenters. The van der Waals surface area contributed by atoms with E-state index in [4.69, 9.17) is 0 Å². The zero-order chi connectivity index (χ0) is 15.6. The van der Waals surface area contributed by atoms with Crippen molar-refractivity contribution in [3.8, 4) is 0 Å². The number of rotatable bonds is 5. The molecule has 0 amide bonds. The van der Waals surface area contributed by atoms with E-state index in [1.807, 2.05) is 26.1 Å². The molecule has 0 bridgehead atoms. The largest absolute Gasteiger partial charge is 0.316 e. The highest BCUT2D eigenvalue weighted by atomic mass is 32.2. The van der Waals surface area contributed by atoms with Crippen molar-refractivity contribution < 1.29 is 8.42 Å². The molecule has 1 N–H and O–H groups in total. The van der Waals surface area contributed by atoms with Gasteiger partial charge in [-0.1, -0.05) is 26.0 Å². The van der Waals surface area contributed by atoms with Gasteiger partial charge in [-0.25, -0.2) is 8.42 Å². The van der Waals surface area contributed by atoms with Crippen LogP contribution in [0, 0.1) is 18.8 Å². The highest BCUT2D eigenvalue weighted by molar-refractivity contribution is 7.89. The standard InChI is InChI=1S/C16H26N2O2S/c1-12(2)15-8-9-18(11-15)21(19,20)16-7-5-6-14(10-17-4)13(16)3/h5-7,12,15,17H,8-11H2,1-4H3. The maximum Gasteiger partial charge on any atom is 0.243 e. The second-order valence-electron chi connectivity index (χ2n) is 6.23. The first-order chi connectivity index (χ1) is 9.87. The number of benzene rings is 1. The minimum absolute atomic E-state index is 0.458. The molecule has 2 rings (SSSR count). The highest BCUT2D eigenvalue weighted by Crippen LogP contribution is 2.30. The van der Waals surface area contributed by atoms with E-state index in [0.717, 1.165) is 17.5 Å². The van der Waals surface area contributed by atoms with Crippen LogP contribution in [-0.2, 0) is 16.6 Å². The molecule has 1 atom stereocenters. The summed E-state index contributed by atoms with van der Waals surface area (Å²) in [5.74, 6) is 1.00. The van der Waals surface area contributed by atoms with Crippen molar-refractivity contribution >= 4 is 10.0 Å². The van der Waals surface area contributed by atoms with Gasteiger partial charge in [-0.2, -0.15) is 4.31 Å². The van der Waals surface area contributed by atoms with Crippen LogP contribution in [-0.4, -0.2) is 32.9 Å². The normalized spacial score (nSPS) is 20.3. The number of nitrogens with zero attached hydrogens (tertiary/aromatic N) is 1. The van der Waals surface area contributed by atoms with E-state index < -0.39 is 10.0 Å². The Morgan fingerprint density at radius 2 is 2.10 bits per heavy atom. The Morgan fingerprint density at radius 1 is 1.38 bits per heavy atom. The van der Waals surface area contributed by atoms with Crippen molar-refractivity contribution in [2.45, 2.75) is 38.6 Å². The van der Waals surface area contributed by atoms with Crippen LogP contribution in [0.4, 0.5) is 0 Å². The Kier molecular flexibility index (Phi) is 5.07. The summed E-state index contributed by atoms with van der Waals surface area (Å²) >= 11 is 0. The van der Waals surface area contributed by atoms with Gasteiger partial charge in [0.2, 0.25) is 10.0 Å². The third-order valence-electron chi connectivity index (χ3n) is 4.51. The number of sulfonamides is 1. The van der Waals surface area contributed by atoms with Gasteiger partial charge in [-0.3, -0.25) is 0 Å². The Balaban J connectivity index is 2.31. The fourth-order valence-corrected chi connectivity index (χ4v) is 4.76. The van der Waals surface area contributed by atoms with E-state index in [1.54, 1.807) is 10.4 Å². The molecule has 1 aromatic carbocycles. The minimum atomic E-state index is -3.37. The van der Waals surface area contributed by atoms with E-state index in [-0.39, 0.29) is 0 Å². The zero-order valence-electron chi connectivity index (χ0n) is 13.4. The molecule has 1 heterocycles. The van der Waals surface area contributed by atoms with Crippen LogP contribution in [0.25, 0.3) is 0 Å². The summed E-state index contributed by atoms with van der Waals surface area (Å²) in [6.07, 6.45) is 0.964. The molecule has 4 nitrogen and oxygen atoms in total. The topological polar surface area (TPSA) is 49.4 Å². The van der Waals surface area contributed by atoms with Gasteiger partial charge in [-0.15, -0.1) is 0 Å². The smallest absolute Gasteiger partial charge is 0.243 e. The summed E-state index contributed by atoms with van der Waals surface area (Å²) in [6.45, 7) is 8.20. The molecule has 0 spiro atoms. The molecule has 1 saturated heterocycles. The fourth-order valence-electron chi connectivity index (χ4n) is 2.98. The van der Waals surface area contributed by atoms with E-state index in [1.165, 1.54) is 0 Å². The molecule has 5 heteroatoms. The monoisotopic (exact) mass is 310 g/mol. The molecule has 118 valence electrons. The van der Waals surface area contributed by atoms with Gasteiger partial charge in [0.1, 0.15) is 0 Å². The lowest BCUT2D eigenvalue weighted by Crippen LogP contribution is -2.30. The Bertz CT molecular complexity index is 596. The van der Waals surface area contributed by atoms with Crippen molar-refractivity contribution in [3.05, 3.63) is 29.3 Å². The maximum atomic E-state index is 12.9. The van der Waals surface area contributed by atoms with Gasteiger partial charge in [0, 0.05) is 19.6 Å². The van der Waals surface area contributed by atoms with Crippen molar-refractivity contribution in [1.29, 1.82) is 0 Å². The van der Waals surface area contributed by atoms with Gasteiger partial charge >= 0.3 is 0 Å². The summed E-state index contributed by atoms with van der Waals surface area (Å²) in [7, 11) is -1.50. The second-order valence-corrected chi connectivity index (χ2v) is 8.13. The van der Waals surface area contributed by atoms with Crippen LogP contribution in [0.5, 0.6) is 0 Å². The first-order valence-electron chi connectivity index (χ1n) is 7.61. The Hall–Kier alpha value is -0.910. The first kappa shape index (κ1) is 16.5. The molecular weight excluding hydrogens is 284 g/mol. The summed E-state index contributed by atoms with van der Waals surface area (Å²) in [5.41, 5.74) is 1.90. The molecule has 21 heavy (non-hydrogen) atoms. The molecule has 0 aromatic heterocycles. The Morgan fingerprint density at radius 3 is 2.67 bits per heavy atom. The van der Waals surface area contributed by atoms with Crippen molar-refractivity contribution in [2.24, 2.45) is 11.8 Å². The molecule has 1 aromatic rings. The predicted molar refractivity (Wildman–Crippen MR) is 85.6 cm³/mol. The minimum Gasteiger partial charge on any atom is -0.316 e. The number of nitrogens with one attached hydrogen (secondary N) is 1. The van der Waals surface area contributed by atoms with Crippen LogP contribution >= 0.6 is 0 Å². The van der Waals surface area contributed by atoms with Gasteiger partial charge in [0.25, 0.3) is 0 Å². The van der Waals surface area contributed by atoms with E-state index in [9.17, 15) is 8.42 Å². The second kappa shape index (κ2) is 6.46. The lowest BCUT2D eigenvalue weighted by Gasteiger charge is -2.20. The van der Waals surface area contributed by atoms with Crippen LogP contribution in [0.2, 0.25) is 0 Å². The average molecular weight is 310 g/mol. The zero-order valence-corrected chi connectivity index (χ0v) is 14.2. The van der Waals surface area contributed by atoms with Crippen LogP contribution in [0.3, 0.4) is 0 Å². The van der Waals surface area contributed by atoms with E-state index in [0.29, 0.717) is 36.4 Å². The number of hydrogen-bond donors (Lipinski definition) is 1. The molecule has 0 radical (unpaired) electrons. The fraction of sp³-hybridized carbons (Fsp3) is 0.625. The van der Waals surface area contributed by atoms with Crippen LogP contribution in [0.1, 0.15) is 31.4 Å². The van der Waals surface area contributed by atoms with Gasteiger partial charge in [0.05, 0.1) is 4.90 Å². The van der Waals surface area contributed by atoms with Crippen LogP contribution in [0.15, 0.2) is 23.1 Å². The highest BCUT2D eigenvalue weighted by Gasteiger charge is 2.34. The van der Waals surface area contributed by atoms with Crippen molar-refractivity contribution in [3.63, 3.8) is 0 Å². The van der Waals surface area contributed by atoms with E-state index >= 15 is 0 Å². The first-order valence-corrected chi connectivity index (χ1v) is 9.05. The van der Waals surface area contributed by atoms with Crippen molar-refractivity contribution in [2.75, 3.05) is 20.1 Å². The van der Waals surface area contributed by atoms with Gasteiger partial charge < -0.3 is 5.32 Å². The van der Waals surface area contributed by atoms with Crippen LogP contribution < -0.4 is 5.32 Å². The van der Waals surface area contributed by atoms with Gasteiger partial charge in [0.15, 0.2) is 0 Å². The van der Waals surface area contributed by atoms with Crippen molar-refractivity contribution in [1.82, 2.24) is 9.62 Å². The molecule has 0 saturated carbocycles. The summed E-state index contributed by atoms with van der Waals surface area (Å²) in [6, 6.07) is 5.54. The van der Waals surface area contributed by atoms with Gasteiger partial charge in [-0.05, 0) is 49.4 Å².